The fraction of sp³-hybridized carbons (Fsp3) is 0.200. The summed E-state index contributed by atoms with van der Waals surface area (Å²) in [5.74, 6) is 0. The monoisotopic (exact) mass is 211 g/mol. The van der Waals surface area contributed by atoms with Gasteiger partial charge in [0.25, 0.3) is 0 Å². The molecule has 3 rings (SSSR count). The largest absolute Gasteiger partial charge is 0.364 e. The first kappa shape index (κ1) is 8.54. The van der Waals surface area contributed by atoms with Gasteiger partial charge in [-0.15, -0.1) is 0 Å². The fourth-order valence-corrected chi connectivity index (χ4v) is 1.93. The highest BCUT2D eigenvalue weighted by molar-refractivity contribution is 5.25. The van der Waals surface area contributed by atoms with E-state index in [0.717, 1.165) is 11.1 Å². The predicted molar refractivity (Wildman–Crippen MR) is 64.2 cm³/mol. The smallest absolute Gasteiger partial charge is 0.109 e. The number of ether oxygens (including phenoxy) is 1. The minimum atomic E-state index is -0.775. The zero-order valence-electron chi connectivity index (χ0n) is 9.97. The Morgan fingerprint density at radius 3 is 2.25 bits per heavy atom. The lowest BCUT2D eigenvalue weighted by molar-refractivity contribution is 0.373. The van der Waals surface area contributed by atoms with E-state index < -0.39 is 6.08 Å². The van der Waals surface area contributed by atoms with Gasteiger partial charge in [0.15, 0.2) is 0 Å². The van der Waals surface area contributed by atoms with Crippen LogP contribution in [0.5, 0.6) is 0 Å². The molecule has 2 aromatic rings. The van der Waals surface area contributed by atoms with Gasteiger partial charge in [0.2, 0.25) is 0 Å². The molecule has 1 heterocycles. The van der Waals surface area contributed by atoms with Gasteiger partial charge in [0.05, 0.1) is 7.45 Å². The van der Waals surface area contributed by atoms with Crippen molar-refractivity contribution in [3.05, 3.63) is 71.8 Å². The first-order valence-corrected chi connectivity index (χ1v) is 5.55. The second kappa shape index (κ2) is 4.11. The summed E-state index contributed by atoms with van der Waals surface area (Å²) in [4.78, 5) is 0. The Morgan fingerprint density at radius 2 is 1.56 bits per heavy atom. The Bertz CT molecular complexity index is 497. The number of epoxide rings is 1. The maximum absolute atomic E-state index is 8.25. The van der Waals surface area contributed by atoms with Crippen molar-refractivity contribution in [2.45, 2.75) is 18.6 Å². The van der Waals surface area contributed by atoms with Crippen molar-refractivity contribution in [2.24, 2.45) is 0 Å². The highest BCUT2D eigenvalue weighted by Gasteiger charge is 2.39. The molecular formula is C15H14O. The molecule has 1 nitrogen and oxygen atoms in total. The van der Waals surface area contributed by atoms with Crippen LogP contribution in [0.3, 0.4) is 0 Å². The lowest BCUT2D eigenvalue weighted by atomic mass is 10.0. The molecule has 2 aromatic carbocycles. The van der Waals surface area contributed by atoms with Crippen molar-refractivity contribution in [1.29, 1.82) is 0 Å². The molecule has 0 radical (unpaired) electrons. The Morgan fingerprint density at radius 1 is 0.938 bits per heavy atom. The molecule has 2 atom stereocenters. The minimum absolute atomic E-state index is 0.0797. The average molecular weight is 211 g/mol. The van der Waals surface area contributed by atoms with Crippen LogP contribution in [-0.2, 0) is 11.2 Å². The minimum Gasteiger partial charge on any atom is -0.364 e. The third kappa shape index (κ3) is 2.00. The van der Waals surface area contributed by atoms with Gasteiger partial charge in [-0.05, 0) is 11.1 Å². The lowest BCUT2D eigenvalue weighted by Crippen LogP contribution is -1.94. The van der Waals surface area contributed by atoms with E-state index in [2.05, 4.69) is 0 Å². The lowest BCUT2D eigenvalue weighted by Gasteiger charge is -1.97. The molecule has 0 bridgehead atoms. The van der Waals surface area contributed by atoms with E-state index in [4.69, 9.17) is 6.11 Å². The average Bonchev–Trinajstić information content (AvgIpc) is 3.03. The highest BCUT2D eigenvalue weighted by Crippen LogP contribution is 2.40. The summed E-state index contributed by atoms with van der Waals surface area (Å²) in [7, 11) is 0. The molecular weight excluding hydrogens is 196 g/mol. The van der Waals surface area contributed by atoms with Crippen LogP contribution in [0.1, 0.15) is 18.6 Å². The standard InChI is InChI=1S/C15H14O/c1-3-7-12(8-4-1)11-14-15(16-14)13-9-5-2-6-10-13/h1-10,14-15H,11H2/t14-,15-/m1/s1/i14D. The maximum Gasteiger partial charge on any atom is 0.109 e. The van der Waals surface area contributed by atoms with Gasteiger partial charge in [-0.25, -0.2) is 0 Å². The topological polar surface area (TPSA) is 12.5 Å². The Kier molecular flexibility index (Phi) is 2.19. The third-order valence-electron chi connectivity index (χ3n) is 2.83. The molecule has 1 saturated heterocycles. The maximum atomic E-state index is 8.25. The van der Waals surface area contributed by atoms with Crippen molar-refractivity contribution < 1.29 is 6.11 Å². The zero-order valence-corrected chi connectivity index (χ0v) is 8.97. The Balaban J connectivity index is 1.74. The summed E-state index contributed by atoms with van der Waals surface area (Å²) in [5.41, 5.74) is 2.25. The second-order valence-electron chi connectivity index (χ2n) is 4.04. The summed E-state index contributed by atoms with van der Waals surface area (Å²) < 4.78 is 13.8. The van der Waals surface area contributed by atoms with Crippen LogP contribution in [0.2, 0.25) is 0 Å². The van der Waals surface area contributed by atoms with Crippen molar-refractivity contribution in [2.75, 3.05) is 0 Å². The number of rotatable bonds is 3. The molecule has 80 valence electrons. The number of hydrogen-bond donors (Lipinski definition) is 0. The predicted octanol–water partition coefficient (Wildman–Crippen LogP) is 3.37. The molecule has 0 N–H and O–H groups in total. The fourth-order valence-electron chi connectivity index (χ4n) is 1.93. The molecule has 0 amide bonds. The Labute approximate surface area is 97.1 Å². The van der Waals surface area contributed by atoms with E-state index in [9.17, 15) is 0 Å². The van der Waals surface area contributed by atoms with Gasteiger partial charge in [0, 0.05) is 6.42 Å². The molecule has 1 fully saturated rings. The summed E-state index contributed by atoms with van der Waals surface area (Å²) in [6.45, 7) is 0. The second-order valence-corrected chi connectivity index (χ2v) is 4.04. The van der Waals surface area contributed by atoms with E-state index in [0.29, 0.717) is 6.42 Å². The highest BCUT2D eigenvalue weighted by atomic mass is 16.6. The summed E-state index contributed by atoms with van der Waals surface area (Å²) in [6, 6.07) is 20.1. The third-order valence-corrected chi connectivity index (χ3v) is 2.83. The molecule has 1 heteroatoms. The van der Waals surface area contributed by atoms with Crippen molar-refractivity contribution >= 4 is 0 Å². The number of hydrogen-bond acceptors (Lipinski definition) is 1. The summed E-state index contributed by atoms with van der Waals surface area (Å²) >= 11 is 0. The van der Waals surface area contributed by atoms with E-state index in [1.807, 2.05) is 60.7 Å². The molecule has 1 aliphatic rings. The van der Waals surface area contributed by atoms with E-state index in [1.165, 1.54) is 0 Å². The van der Waals surface area contributed by atoms with Gasteiger partial charge in [-0.3, -0.25) is 0 Å². The van der Waals surface area contributed by atoms with Gasteiger partial charge in [-0.1, -0.05) is 60.7 Å². The molecule has 0 aromatic heterocycles. The normalized spacial score (nSPS) is 28.5. The van der Waals surface area contributed by atoms with Gasteiger partial charge in [-0.2, -0.15) is 0 Å². The van der Waals surface area contributed by atoms with Gasteiger partial charge < -0.3 is 4.74 Å². The molecule has 0 spiro atoms. The van der Waals surface area contributed by atoms with Crippen molar-refractivity contribution in [1.82, 2.24) is 0 Å². The van der Waals surface area contributed by atoms with E-state index >= 15 is 0 Å². The van der Waals surface area contributed by atoms with Crippen LogP contribution in [0.15, 0.2) is 60.7 Å². The number of benzene rings is 2. The van der Waals surface area contributed by atoms with Crippen LogP contribution in [0.25, 0.3) is 0 Å². The SMILES string of the molecule is [2H][C@]1(Cc2ccccc2)O[C@@H]1c1ccccc1. The molecule has 0 unspecified atom stereocenters. The van der Waals surface area contributed by atoms with Gasteiger partial charge >= 0.3 is 0 Å². The zero-order chi connectivity index (χ0) is 11.7. The van der Waals surface area contributed by atoms with Crippen LogP contribution in [0, 0.1) is 0 Å². The van der Waals surface area contributed by atoms with E-state index in [-0.39, 0.29) is 6.10 Å². The molecule has 1 aliphatic heterocycles. The Hall–Kier alpha value is -1.60. The van der Waals surface area contributed by atoms with Crippen molar-refractivity contribution in [3.63, 3.8) is 0 Å². The molecule has 0 aliphatic carbocycles. The first-order chi connectivity index (χ1) is 8.28. The summed E-state index contributed by atoms with van der Waals surface area (Å²) in [5, 5.41) is 0. The van der Waals surface area contributed by atoms with Crippen LogP contribution >= 0.6 is 0 Å². The van der Waals surface area contributed by atoms with Crippen LogP contribution in [0.4, 0.5) is 0 Å². The molecule has 0 saturated carbocycles. The van der Waals surface area contributed by atoms with Crippen LogP contribution < -0.4 is 0 Å². The van der Waals surface area contributed by atoms with Gasteiger partial charge in [0.1, 0.15) is 6.10 Å². The summed E-state index contributed by atoms with van der Waals surface area (Å²) in [6.07, 6.45) is -0.209. The van der Waals surface area contributed by atoms with Crippen LogP contribution in [-0.4, -0.2) is 6.08 Å². The first-order valence-electron chi connectivity index (χ1n) is 6.05. The quantitative estimate of drug-likeness (QED) is 0.709. The molecule has 16 heavy (non-hydrogen) atoms. The van der Waals surface area contributed by atoms with Crippen molar-refractivity contribution in [3.8, 4) is 0 Å². The van der Waals surface area contributed by atoms with E-state index in [1.54, 1.807) is 0 Å².